The summed E-state index contributed by atoms with van der Waals surface area (Å²) in [5.41, 5.74) is 14.9. The van der Waals surface area contributed by atoms with Gasteiger partial charge in [-0.15, -0.1) is 5.10 Å². The number of guanidine groups is 1. The first-order chi connectivity index (χ1) is 15.2. The lowest BCUT2D eigenvalue weighted by atomic mass is 9.98. The molecule has 1 heterocycles. The summed E-state index contributed by atoms with van der Waals surface area (Å²) in [4.78, 5) is 6.51. The number of pyridine rings is 1. The van der Waals surface area contributed by atoms with Gasteiger partial charge in [-0.25, -0.2) is 21.8 Å². The molecule has 0 aliphatic heterocycles. The van der Waals surface area contributed by atoms with Crippen molar-refractivity contribution >= 4 is 11.7 Å². The molecule has 0 aromatic carbocycles. The SMILES string of the molecule is CCCCN(C)/C(N)=N/N(N)C/C(=C(/N)c1ccc(OC2CCCCC2)c(C)n1)N(C)N. The molecule has 0 spiro atoms. The number of nitrogens with two attached hydrogens (primary N) is 4. The lowest BCUT2D eigenvalue weighted by Gasteiger charge is -2.25. The highest BCUT2D eigenvalue weighted by Crippen LogP contribution is 2.26. The number of rotatable bonds is 10. The van der Waals surface area contributed by atoms with Crippen molar-refractivity contribution in [3.05, 3.63) is 29.2 Å². The van der Waals surface area contributed by atoms with E-state index in [0.717, 1.165) is 43.7 Å². The second-order valence-corrected chi connectivity index (χ2v) is 8.46. The summed E-state index contributed by atoms with van der Waals surface area (Å²) in [5.74, 6) is 13.2. The van der Waals surface area contributed by atoms with Crippen LogP contribution in [0.15, 0.2) is 22.9 Å². The molecule has 10 nitrogen and oxygen atoms in total. The molecule has 2 rings (SSSR count). The van der Waals surface area contributed by atoms with E-state index in [1.807, 2.05) is 31.0 Å². The molecule has 32 heavy (non-hydrogen) atoms. The van der Waals surface area contributed by atoms with Crippen molar-refractivity contribution in [1.82, 2.24) is 20.0 Å². The van der Waals surface area contributed by atoms with Crippen LogP contribution in [0.25, 0.3) is 5.70 Å². The molecule has 0 radical (unpaired) electrons. The number of aryl methyl sites for hydroxylation is 1. The van der Waals surface area contributed by atoms with E-state index >= 15 is 0 Å². The molecule has 1 aromatic heterocycles. The number of unbranched alkanes of at least 4 members (excludes halogenated alkanes) is 1. The Morgan fingerprint density at radius 2 is 1.84 bits per heavy atom. The zero-order valence-electron chi connectivity index (χ0n) is 20.0. The van der Waals surface area contributed by atoms with Gasteiger partial charge in [-0.3, -0.25) is 0 Å². The van der Waals surface area contributed by atoms with Gasteiger partial charge in [0.05, 0.1) is 35.4 Å². The lowest BCUT2D eigenvalue weighted by molar-refractivity contribution is 0.153. The zero-order valence-corrected chi connectivity index (χ0v) is 20.0. The third-order valence-electron chi connectivity index (χ3n) is 5.68. The Morgan fingerprint density at radius 3 is 2.44 bits per heavy atom. The Kier molecular flexibility index (Phi) is 9.86. The Balaban J connectivity index is 2.15. The van der Waals surface area contributed by atoms with Gasteiger partial charge in [-0.2, -0.15) is 0 Å². The average Bonchev–Trinajstić information content (AvgIpc) is 2.77. The van der Waals surface area contributed by atoms with Gasteiger partial charge in [0.15, 0.2) is 0 Å². The van der Waals surface area contributed by atoms with Crippen LogP contribution in [0.1, 0.15) is 63.3 Å². The van der Waals surface area contributed by atoms with Crippen LogP contribution in [0.5, 0.6) is 5.75 Å². The molecule has 8 N–H and O–H groups in total. The normalized spacial score (nSPS) is 15.9. The first-order valence-corrected chi connectivity index (χ1v) is 11.4. The van der Waals surface area contributed by atoms with Crippen molar-refractivity contribution in [3.8, 4) is 5.75 Å². The number of hydrogen-bond acceptors (Lipinski definition) is 8. The standard InChI is InChI=1S/C22H41N9O/c1-5-6-14-29(3)22(24)28-31(26)15-19(30(4)25)21(23)18-12-13-20(16(2)27-18)32-17-10-8-7-9-11-17/h12-13,17H,5-11,14-15,23,25-26H2,1-4H3,(H2,24,28)/b21-19-. The van der Waals surface area contributed by atoms with E-state index in [-0.39, 0.29) is 12.6 Å². The van der Waals surface area contributed by atoms with Crippen molar-refractivity contribution < 1.29 is 4.74 Å². The van der Waals surface area contributed by atoms with E-state index < -0.39 is 0 Å². The molecule has 1 fully saturated rings. The fourth-order valence-electron chi connectivity index (χ4n) is 3.63. The van der Waals surface area contributed by atoms with Crippen LogP contribution in [0.3, 0.4) is 0 Å². The monoisotopic (exact) mass is 447 g/mol. The highest BCUT2D eigenvalue weighted by Gasteiger charge is 2.18. The summed E-state index contributed by atoms with van der Waals surface area (Å²) in [5, 5.41) is 6.90. The first kappa shape index (κ1) is 25.5. The van der Waals surface area contributed by atoms with Crippen LogP contribution in [-0.2, 0) is 0 Å². The molecule has 0 amide bonds. The van der Waals surface area contributed by atoms with Gasteiger partial charge in [-0.1, -0.05) is 19.8 Å². The summed E-state index contributed by atoms with van der Waals surface area (Å²) < 4.78 is 6.17. The van der Waals surface area contributed by atoms with E-state index in [2.05, 4.69) is 17.0 Å². The van der Waals surface area contributed by atoms with E-state index in [4.69, 9.17) is 27.9 Å². The lowest BCUT2D eigenvalue weighted by Crippen LogP contribution is -2.42. The van der Waals surface area contributed by atoms with Crippen LogP contribution in [-0.4, -0.2) is 59.3 Å². The van der Waals surface area contributed by atoms with Gasteiger partial charge >= 0.3 is 0 Å². The summed E-state index contributed by atoms with van der Waals surface area (Å²) >= 11 is 0. The molecule has 1 aliphatic rings. The number of hydrazone groups is 1. The van der Waals surface area contributed by atoms with Gasteiger partial charge < -0.3 is 26.1 Å². The van der Waals surface area contributed by atoms with Gasteiger partial charge in [0, 0.05) is 20.6 Å². The van der Waals surface area contributed by atoms with Crippen LogP contribution < -0.4 is 27.9 Å². The predicted octanol–water partition coefficient (Wildman–Crippen LogP) is 1.67. The Bertz CT molecular complexity index is 788. The fourth-order valence-corrected chi connectivity index (χ4v) is 3.63. The molecule has 1 aromatic rings. The van der Waals surface area contributed by atoms with E-state index in [0.29, 0.717) is 23.0 Å². The smallest absolute Gasteiger partial charge is 0.215 e. The van der Waals surface area contributed by atoms with E-state index in [1.54, 1.807) is 7.05 Å². The molecular formula is C22H41N9O. The minimum absolute atomic E-state index is 0.169. The van der Waals surface area contributed by atoms with Crippen LogP contribution >= 0.6 is 0 Å². The predicted molar refractivity (Wildman–Crippen MR) is 130 cm³/mol. The number of aromatic nitrogens is 1. The number of hydrazine groups is 2. The third kappa shape index (κ3) is 7.45. The van der Waals surface area contributed by atoms with Gasteiger partial charge in [0.1, 0.15) is 5.75 Å². The Labute approximate surface area is 192 Å². The molecule has 180 valence electrons. The number of ether oxygens (including phenoxy) is 1. The van der Waals surface area contributed by atoms with E-state index in [1.165, 1.54) is 29.4 Å². The van der Waals surface area contributed by atoms with Crippen molar-refractivity contribution in [3.63, 3.8) is 0 Å². The molecule has 1 saturated carbocycles. The molecule has 0 bridgehead atoms. The summed E-state index contributed by atoms with van der Waals surface area (Å²) in [6.07, 6.45) is 8.26. The summed E-state index contributed by atoms with van der Waals surface area (Å²) in [6.45, 7) is 5.02. The average molecular weight is 448 g/mol. The first-order valence-electron chi connectivity index (χ1n) is 11.4. The quantitative estimate of drug-likeness (QED) is 0.182. The number of hydrogen-bond donors (Lipinski definition) is 4. The Morgan fingerprint density at radius 1 is 1.16 bits per heavy atom. The van der Waals surface area contributed by atoms with Crippen LogP contribution in [0, 0.1) is 6.92 Å². The molecule has 0 atom stereocenters. The minimum Gasteiger partial charge on any atom is -0.489 e. The molecular weight excluding hydrogens is 406 g/mol. The van der Waals surface area contributed by atoms with Crippen molar-refractivity contribution in [2.75, 3.05) is 27.2 Å². The van der Waals surface area contributed by atoms with Gasteiger partial charge in [-0.05, 0) is 51.2 Å². The van der Waals surface area contributed by atoms with Crippen LogP contribution in [0.2, 0.25) is 0 Å². The van der Waals surface area contributed by atoms with E-state index in [9.17, 15) is 0 Å². The fraction of sp³-hybridized carbons (Fsp3) is 0.636. The zero-order chi connectivity index (χ0) is 23.7. The topological polar surface area (TPSA) is 148 Å². The second kappa shape index (κ2) is 12.4. The maximum atomic E-state index is 6.43. The Hall–Kier alpha value is -2.72. The molecule has 10 heteroatoms. The number of nitrogens with zero attached hydrogens (tertiary/aromatic N) is 5. The largest absolute Gasteiger partial charge is 0.489 e. The summed E-state index contributed by atoms with van der Waals surface area (Å²) in [7, 11) is 3.58. The molecule has 1 aliphatic carbocycles. The summed E-state index contributed by atoms with van der Waals surface area (Å²) in [6, 6.07) is 3.77. The maximum absolute atomic E-state index is 6.43. The van der Waals surface area contributed by atoms with Crippen molar-refractivity contribution in [1.29, 1.82) is 0 Å². The van der Waals surface area contributed by atoms with Crippen LogP contribution in [0.4, 0.5) is 0 Å². The van der Waals surface area contributed by atoms with Gasteiger partial charge in [0.25, 0.3) is 0 Å². The molecule has 0 unspecified atom stereocenters. The van der Waals surface area contributed by atoms with Crippen molar-refractivity contribution in [2.45, 2.75) is 64.9 Å². The molecule has 0 saturated heterocycles. The second-order valence-electron chi connectivity index (χ2n) is 8.46. The number of likely N-dealkylation sites (N-methyl/N-ethyl adjacent to an activating group) is 1. The third-order valence-corrected chi connectivity index (χ3v) is 5.68. The maximum Gasteiger partial charge on any atom is 0.215 e. The van der Waals surface area contributed by atoms with Crippen molar-refractivity contribution in [2.24, 2.45) is 28.3 Å². The minimum atomic E-state index is 0.169. The van der Waals surface area contributed by atoms with Gasteiger partial charge in [0.2, 0.25) is 5.96 Å². The highest BCUT2D eigenvalue weighted by molar-refractivity contribution is 5.77. The highest BCUT2D eigenvalue weighted by atomic mass is 16.5.